The van der Waals surface area contributed by atoms with Gasteiger partial charge in [0.1, 0.15) is 17.9 Å². The van der Waals surface area contributed by atoms with E-state index in [-0.39, 0.29) is 18.0 Å². The Bertz CT molecular complexity index is 319. The number of hydrogen-bond acceptors (Lipinski definition) is 4. The molecule has 0 N–H and O–H groups in total. The van der Waals surface area contributed by atoms with Crippen molar-refractivity contribution in [2.75, 3.05) is 0 Å². The molecule has 0 unspecified atom stereocenters. The molecule has 0 bridgehead atoms. The van der Waals surface area contributed by atoms with Crippen molar-refractivity contribution in [1.29, 1.82) is 0 Å². The Hall–Kier alpha value is -1.58. The van der Waals surface area contributed by atoms with E-state index in [1.807, 2.05) is 19.9 Å². The van der Waals surface area contributed by atoms with Crippen molar-refractivity contribution < 1.29 is 9.59 Å². The SMILES string of the molecule is CC(=O)CC(C)=O.Cc1cc(C)ncn1. The summed E-state index contributed by atoms with van der Waals surface area (Å²) in [6, 6.07) is 1.94. The summed E-state index contributed by atoms with van der Waals surface area (Å²) in [5.74, 6) is -0.125. The molecule has 4 heteroatoms. The summed E-state index contributed by atoms with van der Waals surface area (Å²) in [6.07, 6.45) is 1.66. The quantitative estimate of drug-likeness (QED) is 0.693. The molecular weight excluding hydrogens is 192 g/mol. The van der Waals surface area contributed by atoms with Crippen LogP contribution >= 0.6 is 0 Å². The maximum atomic E-state index is 10.0. The first kappa shape index (κ1) is 13.4. The molecule has 4 nitrogen and oxygen atoms in total. The predicted octanol–water partition coefficient (Wildman–Crippen LogP) is 1.65. The Labute approximate surface area is 89.8 Å². The molecule has 15 heavy (non-hydrogen) atoms. The maximum Gasteiger partial charge on any atom is 0.137 e. The predicted molar refractivity (Wildman–Crippen MR) is 57.5 cm³/mol. The fourth-order valence-corrected chi connectivity index (χ4v) is 0.938. The van der Waals surface area contributed by atoms with Gasteiger partial charge in [0.2, 0.25) is 0 Å². The number of Topliss-reactive ketones (excluding diaryl/α,β-unsaturated/α-hetero) is 2. The summed E-state index contributed by atoms with van der Waals surface area (Å²) >= 11 is 0. The van der Waals surface area contributed by atoms with Gasteiger partial charge in [-0.25, -0.2) is 9.97 Å². The summed E-state index contributed by atoms with van der Waals surface area (Å²) in [7, 11) is 0. The van der Waals surface area contributed by atoms with Crippen molar-refractivity contribution in [3.8, 4) is 0 Å². The van der Waals surface area contributed by atoms with E-state index < -0.39 is 0 Å². The zero-order valence-electron chi connectivity index (χ0n) is 9.57. The fraction of sp³-hybridized carbons (Fsp3) is 0.455. The van der Waals surface area contributed by atoms with Crippen LogP contribution in [-0.4, -0.2) is 21.5 Å². The molecule has 1 heterocycles. The summed E-state index contributed by atoms with van der Waals surface area (Å²) in [4.78, 5) is 27.9. The smallest absolute Gasteiger partial charge is 0.137 e. The first-order valence-corrected chi connectivity index (χ1v) is 4.66. The zero-order chi connectivity index (χ0) is 11.8. The minimum atomic E-state index is -0.0625. The lowest BCUT2D eigenvalue weighted by Gasteiger charge is -1.89. The van der Waals surface area contributed by atoms with Crippen molar-refractivity contribution in [1.82, 2.24) is 9.97 Å². The number of rotatable bonds is 2. The second kappa shape index (κ2) is 6.81. The monoisotopic (exact) mass is 208 g/mol. The largest absolute Gasteiger partial charge is 0.300 e. The Morgan fingerprint density at radius 2 is 1.47 bits per heavy atom. The van der Waals surface area contributed by atoms with Crippen LogP contribution in [0.4, 0.5) is 0 Å². The van der Waals surface area contributed by atoms with Crippen LogP contribution in [0.2, 0.25) is 0 Å². The Balaban J connectivity index is 0.000000265. The lowest BCUT2D eigenvalue weighted by atomic mass is 10.2. The van der Waals surface area contributed by atoms with Gasteiger partial charge >= 0.3 is 0 Å². The van der Waals surface area contributed by atoms with Crippen LogP contribution in [0, 0.1) is 13.8 Å². The number of carbonyl (C=O) groups is 2. The van der Waals surface area contributed by atoms with Crippen LogP contribution in [0.25, 0.3) is 0 Å². The Morgan fingerprint density at radius 3 is 1.60 bits per heavy atom. The number of hydrogen-bond donors (Lipinski definition) is 0. The van der Waals surface area contributed by atoms with Gasteiger partial charge in [-0.2, -0.15) is 0 Å². The van der Waals surface area contributed by atoms with Gasteiger partial charge in [-0.1, -0.05) is 0 Å². The van der Waals surface area contributed by atoms with E-state index in [1.54, 1.807) is 6.33 Å². The lowest BCUT2D eigenvalue weighted by molar-refractivity contribution is -0.124. The number of aromatic nitrogens is 2. The van der Waals surface area contributed by atoms with Crippen LogP contribution in [-0.2, 0) is 9.59 Å². The minimum absolute atomic E-state index is 0.0625. The molecule has 1 rings (SSSR count). The van der Waals surface area contributed by atoms with Crippen molar-refractivity contribution in [2.24, 2.45) is 0 Å². The molecule has 0 aliphatic carbocycles. The van der Waals surface area contributed by atoms with Crippen LogP contribution in [0.1, 0.15) is 31.7 Å². The number of aryl methyl sites for hydroxylation is 2. The van der Waals surface area contributed by atoms with Crippen LogP contribution in [0.3, 0.4) is 0 Å². The van der Waals surface area contributed by atoms with Crippen LogP contribution < -0.4 is 0 Å². The normalized spacial score (nSPS) is 8.80. The van der Waals surface area contributed by atoms with E-state index in [0.717, 1.165) is 11.4 Å². The molecule has 82 valence electrons. The Kier molecular flexibility index (Phi) is 6.09. The van der Waals surface area contributed by atoms with E-state index in [2.05, 4.69) is 9.97 Å². The number of nitrogens with zero attached hydrogens (tertiary/aromatic N) is 2. The molecule has 0 saturated carbocycles. The van der Waals surface area contributed by atoms with Gasteiger partial charge in [-0.3, -0.25) is 9.59 Å². The molecule has 1 aromatic heterocycles. The molecule has 0 aliphatic rings. The average molecular weight is 208 g/mol. The maximum absolute atomic E-state index is 10.0. The van der Waals surface area contributed by atoms with Crippen molar-refractivity contribution in [3.05, 3.63) is 23.8 Å². The van der Waals surface area contributed by atoms with E-state index in [1.165, 1.54) is 13.8 Å². The minimum Gasteiger partial charge on any atom is -0.300 e. The van der Waals surface area contributed by atoms with Gasteiger partial charge in [0.15, 0.2) is 0 Å². The summed E-state index contributed by atoms with van der Waals surface area (Å²) < 4.78 is 0. The first-order chi connectivity index (χ1) is 6.91. The van der Waals surface area contributed by atoms with E-state index in [4.69, 9.17) is 0 Å². The summed E-state index contributed by atoms with van der Waals surface area (Å²) in [5, 5.41) is 0. The molecule has 0 radical (unpaired) electrons. The highest BCUT2D eigenvalue weighted by Crippen LogP contribution is 1.91. The second-order valence-corrected chi connectivity index (χ2v) is 3.38. The van der Waals surface area contributed by atoms with Gasteiger partial charge < -0.3 is 0 Å². The molecule has 1 aromatic rings. The molecule has 0 spiro atoms. The van der Waals surface area contributed by atoms with Gasteiger partial charge in [0.25, 0.3) is 0 Å². The third kappa shape index (κ3) is 8.74. The molecular formula is C11H16N2O2. The second-order valence-electron chi connectivity index (χ2n) is 3.38. The molecule has 0 amide bonds. The highest BCUT2D eigenvalue weighted by molar-refractivity contribution is 5.96. The summed E-state index contributed by atoms with van der Waals surface area (Å²) in [5.41, 5.74) is 2.05. The highest BCUT2D eigenvalue weighted by Gasteiger charge is 1.94. The average Bonchev–Trinajstić information content (AvgIpc) is 2.01. The molecule has 0 aliphatic heterocycles. The summed E-state index contributed by atoms with van der Waals surface area (Å²) in [6.45, 7) is 6.71. The topological polar surface area (TPSA) is 59.9 Å². The number of carbonyl (C=O) groups excluding carboxylic acids is 2. The standard InChI is InChI=1S/C6H8N2.C5H8O2/c1-5-3-6(2)8-4-7-5;1-4(6)3-5(2)7/h3-4H,1-2H3;3H2,1-2H3. The van der Waals surface area contributed by atoms with Crippen LogP contribution in [0.15, 0.2) is 12.4 Å². The molecule has 0 saturated heterocycles. The molecule has 0 aromatic carbocycles. The zero-order valence-corrected chi connectivity index (χ0v) is 9.57. The lowest BCUT2D eigenvalue weighted by Crippen LogP contribution is -1.97. The van der Waals surface area contributed by atoms with Gasteiger partial charge in [0, 0.05) is 11.4 Å². The van der Waals surface area contributed by atoms with Gasteiger partial charge in [-0.05, 0) is 33.8 Å². The van der Waals surface area contributed by atoms with Gasteiger partial charge in [-0.15, -0.1) is 0 Å². The van der Waals surface area contributed by atoms with Gasteiger partial charge in [0.05, 0.1) is 6.42 Å². The van der Waals surface area contributed by atoms with E-state index in [9.17, 15) is 9.59 Å². The van der Waals surface area contributed by atoms with Crippen LogP contribution in [0.5, 0.6) is 0 Å². The van der Waals surface area contributed by atoms with Crippen molar-refractivity contribution in [3.63, 3.8) is 0 Å². The van der Waals surface area contributed by atoms with Crippen molar-refractivity contribution in [2.45, 2.75) is 34.1 Å². The third-order valence-electron chi connectivity index (χ3n) is 1.44. The third-order valence-corrected chi connectivity index (χ3v) is 1.44. The molecule has 0 fully saturated rings. The van der Waals surface area contributed by atoms with Crippen molar-refractivity contribution >= 4 is 11.6 Å². The Morgan fingerprint density at radius 1 is 1.07 bits per heavy atom. The first-order valence-electron chi connectivity index (χ1n) is 4.66. The van der Waals surface area contributed by atoms with E-state index >= 15 is 0 Å². The number of ketones is 2. The fourth-order valence-electron chi connectivity index (χ4n) is 0.938. The van der Waals surface area contributed by atoms with E-state index in [0.29, 0.717) is 0 Å². The molecule has 0 atom stereocenters. The highest BCUT2D eigenvalue weighted by atomic mass is 16.1.